The van der Waals surface area contributed by atoms with Gasteiger partial charge >= 0.3 is 0 Å². The van der Waals surface area contributed by atoms with Gasteiger partial charge in [0, 0.05) is 24.5 Å². The maximum atomic E-state index is 13.1. The van der Waals surface area contributed by atoms with E-state index in [1.165, 1.54) is 0 Å². The molecule has 1 aliphatic heterocycles. The van der Waals surface area contributed by atoms with E-state index in [2.05, 4.69) is 0 Å². The second kappa shape index (κ2) is 7.18. The smallest absolute Gasteiger partial charge is 0.243 e. The van der Waals surface area contributed by atoms with Crippen molar-refractivity contribution < 1.29 is 8.42 Å². The highest BCUT2D eigenvalue weighted by Crippen LogP contribution is 2.29. The first-order chi connectivity index (χ1) is 10.5. The largest absolute Gasteiger partial charge is 0.328 e. The van der Waals surface area contributed by atoms with Gasteiger partial charge in [0.15, 0.2) is 0 Å². The molecular weight excluding hydrogens is 332 g/mol. The zero-order chi connectivity index (χ0) is 15.7. The van der Waals surface area contributed by atoms with Crippen LogP contribution in [0.4, 0.5) is 0 Å². The van der Waals surface area contributed by atoms with Crippen molar-refractivity contribution in [3.8, 4) is 0 Å². The Balaban J connectivity index is 0.00000192. The molecule has 0 aromatic heterocycles. The highest BCUT2D eigenvalue weighted by Gasteiger charge is 2.32. The molecule has 0 aliphatic carbocycles. The average Bonchev–Trinajstić information content (AvgIpc) is 2.54. The van der Waals surface area contributed by atoms with Crippen LogP contribution in [0.5, 0.6) is 0 Å². The van der Waals surface area contributed by atoms with Gasteiger partial charge in [0.25, 0.3) is 0 Å². The Kier molecular flexibility index (Phi) is 5.68. The molecule has 1 saturated heterocycles. The second-order valence-electron chi connectivity index (χ2n) is 6.10. The summed E-state index contributed by atoms with van der Waals surface area (Å²) in [5, 5.41) is 1.73. The van der Waals surface area contributed by atoms with Crippen LogP contribution in [-0.4, -0.2) is 31.9 Å². The minimum atomic E-state index is -3.48. The van der Waals surface area contributed by atoms with E-state index >= 15 is 0 Å². The van der Waals surface area contributed by atoms with Crippen LogP contribution < -0.4 is 5.73 Å². The minimum Gasteiger partial charge on any atom is -0.328 e. The summed E-state index contributed by atoms with van der Waals surface area (Å²) in [5.74, 6) is 0.235. The summed E-state index contributed by atoms with van der Waals surface area (Å²) in [6, 6.07) is 13.1. The van der Waals surface area contributed by atoms with Crippen LogP contribution in [0.15, 0.2) is 47.4 Å². The lowest BCUT2D eigenvalue weighted by Crippen LogP contribution is -2.44. The summed E-state index contributed by atoms with van der Waals surface area (Å²) in [5.41, 5.74) is 5.98. The lowest BCUT2D eigenvalue weighted by molar-refractivity contribution is 0.243. The van der Waals surface area contributed by atoms with Gasteiger partial charge in [-0.05, 0) is 37.1 Å². The molecule has 1 aliphatic rings. The Morgan fingerprint density at radius 3 is 2.61 bits per heavy atom. The summed E-state index contributed by atoms with van der Waals surface area (Å²) in [4.78, 5) is 0.399. The molecule has 23 heavy (non-hydrogen) atoms. The number of nitrogens with zero attached hydrogens (tertiary/aromatic N) is 1. The molecule has 0 spiro atoms. The van der Waals surface area contributed by atoms with Crippen LogP contribution in [0.2, 0.25) is 0 Å². The quantitative estimate of drug-likeness (QED) is 0.921. The average molecular weight is 355 g/mol. The molecule has 0 saturated carbocycles. The summed E-state index contributed by atoms with van der Waals surface area (Å²) in [7, 11) is -3.48. The summed E-state index contributed by atoms with van der Waals surface area (Å²) in [6.07, 6.45) is 1.87. The zero-order valence-electron chi connectivity index (χ0n) is 13.2. The van der Waals surface area contributed by atoms with E-state index in [-0.39, 0.29) is 24.4 Å². The number of hydrogen-bond donors (Lipinski definition) is 1. The number of fused-ring (bicyclic) bond motifs is 1. The molecule has 4 nitrogen and oxygen atoms in total. The second-order valence-corrected chi connectivity index (χ2v) is 8.01. The molecule has 0 amide bonds. The minimum absolute atomic E-state index is 0. The lowest BCUT2D eigenvalue weighted by Gasteiger charge is -2.34. The van der Waals surface area contributed by atoms with E-state index in [1.54, 1.807) is 10.4 Å². The fraction of sp³-hybridized carbons (Fsp3) is 0.412. The van der Waals surface area contributed by atoms with E-state index in [0.717, 1.165) is 23.6 Å². The number of sulfonamides is 1. The van der Waals surface area contributed by atoms with Gasteiger partial charge in [0.2, 0.25) is 10.0 Å². The molecule has 6 heteroatoms. The highest BCUT2D eigenvalue weighted by molar-refractivity contribution is 7.89. The van der Waals surface area contributed by atoms with E-state index in [4.69, 9.17) is 5.73 Å². The van der Waals surface area contributed by atoms with Crippen molar-refractivity contribution >= 4 is 33.2 Å². The third kappa shape index (κ3) is 3.53. The summed E-state index contributed by atoms with van der Waals surface area (Å²) in [6.45, 7) is 3.05. The molecule has 3 rings (SSSR count). The predicted octanol–water partition coefficient (Wildman–Crippen LogP) is 3.01. The van der Waals surface area contributed by atoms with E-state index in [1.807, 2.05) is 43.3 Å². The van der Waals surface area contributed by atoms with Crippen LogP contribution >= 0.6 is 12.4 Å². The molecule has 2 N–H and O–H groups in total. The maximum Gasteiger partial charge on any atom is 0.243 e. The van der Waals surface area contributed by atoms with Gasteiger partial charge in [0.05, 0.1) is 4.90 Å². The van der Waals surface area contributed by atoms with Crippen LogP contribution in [-0.2, 0) is 10.0 Å². The van der Waals surface area contributed by atoms with Crippen LogP contribution in [0, 0.1) is 5.92 Å². The Morgan fingerprint density at radius 2 is 1.87 bits per heavy atom. The fourth-order valence-corrected chi connectivity index (χ4v) is 4.93. The number of halogens is 1. The number of nitrogens with two attached hydrogens (primary N) is 1. The van der Waals surface area contributed by atoms with Gasteiger partial charge < -0.3 is 5.73 Å². The van der Waals surface area contributed by atoms with Crippen molar-refractivity contribution in [2.45, 2.75) is 30.7 Å². The van der Waals surface area contributed by atoms with E-state index < -0.39 is 10.0 Å². The van der Waals surface area contributed by atoms with Crippen molar-refractivity contribution in [2.24, 2.45) is 11.7 Å². The van der Waals surface area contributed by atoms with Crippen molar-refractivity contribution in [2.75, 3.05) is 13.1 Å². The standard InChI is InChI=1S/C17H22N2O2S.ClH/c1-13(18)15-8-5-11-19(12-15)22(20,21)17-10-4-7-14-6-2-3-9-16(14)17;/h2-4,6-7,9-10,13,15H,5,8,11-12,18H2,1H3;1H. The molecule has 0 bridgehead atoms. The molecular formula is C17H23ClN2O2S. The van der Waals surface area contributed by atoms with Gasteiger partial charge in [-0.2, -0.15) is 4.31 Å². The number of hydrogen-bond acceptors (Lipinski definition) is 3. The number of benzene rings is 2. The molecule has 2 aromatic rings. The molecule has 126 valence electrons. The topological polar surface area (TPSA) is 63.4 Å². The van der Waals surface area contributed by atoms with Gasteiger partial charge in [-0.25, -0.2) is 8.42 Å². The summed E-state index contributed by atoms with van der Waals surface area (Å²) >= 11 is 0. The Morgan fingerprint density at radius 1 is 1.17 bits per heavy atom. The van der Waals surface area contributed by atoms with Crippen LogP contribution in [0.25, 0.3) is 10.8 Å². The van der Waals surface area contributed by atoms with E-state index in [0.29, 0.717) is 18.0 Å². The van der Waals surface area contributed by atoms with Crippen molar-refractivity contribution in [1.29, 1.82) is 0 Å². The SMILES string of the molecule is CC(N)C1CCCN(S(=O)(=O)c2cccc3ccccc23)C1.Cl. The monoisotopic (exact) mass is 354 g/mol. The number of piperidine rings is 1. The Bertz CT molecular complexity index is 772. The van der Waals surface area contributed by atoms with Gasteiger partial charge in [-0.15, -0.1) is 12.4 Å². The normalized spacial score (nSPS) is 20.9. The lowest BCUT2D eigenvalue weighted by atomic mass is 9.93. The first-order valence-electron chi connectivity index (χ1n) is 7.73. The number of rotatable bonds is 3. The predicted molar refractivity (Wildman–Crippen MR) is 96.3 cm³/mol. The van der Waals surface area contributed by atoms with Gasteiger partial charge in [-0.3, -0.25) is 0 Å². The molecule has 2 unspecified atom stereocenters. The molecule has 0 radical (unpaired) electrons. The fourth-order valence-electron chi connectivity index (χ4n) is 3.18. The molecule has 1 fully saturated rings. The highest BCUT2D eigenvalue weighted by atomic mass is 35.5. The summed E-state index contributed by atoms with van der Waals surface area (Å²) < 4.78 is 27.7. The van der Waals surface area contributed by atoms with Crippen LogP contribution in [0.3, 0.4) is 0 Å². The molecule has 2 atom stereocenters. The molecule has 2 aromatic carbocycles. The maximum absolute atomic E-state index is 13.1. The first kappa shape index (κ1) is 18.2. The zero-order valence-corrected chi connectivity index (χ0v) is 14.8. The third-order valence-corrected chi connectivity index (χ3v) is 6.45. The Labute approximate surface area is 144 Å². The molecule has 1 heterocycles. The van der Waals surface area contributed by atoms with Crippen LogP contribution in [0.1, 0.15) is 19.8 Å². The third-order valence-electron chi connectivity index (χ3n) is 4.53. The van der Waals surface area contributed by atoms with Gasteiger partial charge in [-0.1, -0.05) is 36.4 Å². The first-order valence-corrected chi connectivity index (χ1v) is 9.17. The van der Waals surface area contributed by atoms with E-state index in [9.17, 15) is 8.42 Å². The van der Waals surface area contributed by atoms with Crippen molar-refractivity contribution in [3.63, 3.8) is 0 Å². The van der Waals surface area contributed by atoms with Gasteiger partial charge in [0.1, 0.15) is 0 Å². The van der Waals surface area contributed by atoms with Crippen molar-refractivity contribution in [1.82, 2.24) is 4.31 Å². The van der Waals surface area contributed by atoms with Crippen molar-refractivity contribution in [3.05, 3.63) is 42.5 Å². The Hall–Kier alpha value is -1.14.